The van der Waals surface area contributed by atoms with Gasteiger partial charge in [-0.1, -0.05) is 34.1 Å². The van der Waals surface area contributed by atoms with Gasteiger partial charge in [-0.25, -0.2) is 8.42 Å². The number of aromatic nitrogens is 1. The van der Waals surface area contributed by atoms with E-state index in [1.54, 1.807) is 43.3 Å². The van der Waals surface area contributed by atoms with E-state index >= 15 is 0 Å². The minimum absolute atomic E-state index is 0.317. The highest BCUT2D eigenvalue weighted by atomic mass is 79.9. The van der Waals surface area contributed by atoms with Crippen LogP contribution in [0.1, 0.15) is 16.1 Å². The maximum atomic E-state index is 12.6. The molecule has 0 atom stereocenters. The molecule has 0 spiro atoms. The number of nitrogens with one attached hydrogen (secondary N) is 2. The number of carbonyl (C=O) groups excluding carboxylic acids is 1. The number of halogens is 1. The fourth-order valence-electron chi connectivity index (χ4n) is 2.68. The minimum Gasteiger partial charge on any atom is -0.322 e. The molecular formula is C20H18BrN3O3S. The number of hydrogen-bond donors (Lipinski definition) is 2. The average molecular weight is 460 g/mol. The number of nitrogens with zero attached hydrogens (tertiary/aromatic N) is 1. The first-order chi connectivity index (χ1) is 13.2. The third-order valence-electron chi connectivity index (χ3n) is 3.87. The summed E-state index contributed by atoms with van der Waals surface area (Å²) < 4.78 is 26.1. The summed E-state index contributed by atoms with van der Waals surface area (Å²) in [6.07, 6.45) is 1.07. The Morgan fingerprint density at radius 2 is 1.71 bits per heavy atom. The highest BCUT2D eigenvalue weighted by Gasteiger charge is 2.13. The molecular weight excluding hydrogens is 442 g/mol. The first-order valence-electron chi connectivity index (χ1n) is 8.34. The van der Waals surface area contributed by atoms with Crippen molar-refractivity contribution in [3.05, 3.63) is 76.4 Å². The molecule has 0 aliphatic carbocycles. The van der Waals surface area contributed by atoms with Gasteiger partial charge in [-0.15, -0.1) is 0 Å². The highest BCUT2D eigenvalue weighted by molar-refractivity contribution is 9.10. The number of benzene rings is 2. The molecule has 0 aliphatic heterocycles. The number of pyridine rings is 1. The monoisotopic (exact) mass is 459 g/mol. The third kappa shape index (κ3) is 5.17. The molecule has 0 radical (unpaired) electrons. The second-order valence-corrected chi connectivity index (χ2v) is 8.91. The molecule has 8 heteroatoms. The van der Waals surface area contributed by atoms with Gasteiger partial charge >= 0.3 is 0 Å². The topological polar surface area (TPSA) is 88.2 Å². The van der Waals surface area contributed by atoms with Crippen molar-refractivity contribution in [3.8, 4) is 11.3 Å². The van der Waals surface area contributed by atoms with Crippen molar-refractivity contribution in [1.29, 1.82) is 0 Å². The molecule has 3 aromatic rings. The van der Waals surface area contributed by atoms with E-state index in [9.17, 15) is 13.2 Å². The maximum absolute atomic E-state index is 12.6. The van der Waals surface area contributed by atoms with Crippen LogP contribution in [0, 0.1) is 6.92 Å². The second kappa shape index (κ2) is 8.12. The van der Waals surface area contributed by atoms with Crippen LogP contribution in [0.25, 0.3) is 11.3 Å². The van der Waals surface area contributed by atoms with Crippen LogP contribution in [0.4, 0.5) is 11.4 Å². The second-order valence-electron chi connectivity index (χ2n) is 6.25. The Balaban J connectivity index is 1.81. The summed E-state index contributed by atoms with van der Waals surface area (Å²) in [6.45, 7) is 1.78. The molecule has 0 saturated carbocycles. The van der Waals surface area contributed by atoms with Gasteiger partial charge in [0.1, 0.15) is 0 Å². The van der Waals surface area contributed by atoms with Crippen LogP contribution >= 0.6 is 15.9 Å². The summed E-state index contributed by atoms with van der Waals surface area (Å²) in [6, 6.07) is 17.8. The van der Waals surface area contributed by atoms with Gasteiger partial charge in [-0.2, -0.15) is 0 Å². The largest absolute Gasteiger partial charge is 0.322 e. The smallest absolute Gasteiger partial charge is 0.257 e. The molecule has 144 valence electrons. The van der Waals surface area contributed by atoms with E-state index in [4.69, 9.17) is 0 Å². The van der Waals surface area contributed by atoms with Gasteiger partial charge in [-0.05, 0) is 49.4 Å². The SMILES string of the molecule is Cc1nc(-c2cccc(Br)c2)ccc1C(=O)Nc1cccc(NS(C)(=O)=O)c1. The molecule has 3 rings (SSSR count). The lowest BCUT2D eigenvalue weighted by molar-refractivity contribution is 0.102. The summed E-state index contributed by atoms with van der Waals surface area (Å²) >= 11 is 3.44. The maximum Gasteiger partial charge on any atom is 0.257 e. The standard InChI is InChI=1S/C20H18BrN3O3S/c1-13-18(9-10-19(22-13)14-5-3-6-15(21)11-14)20(25)23-16-7-4-8-17(12-16)24-28(2,26)27/h3-12,24H,1-2H3,(H,23,25). The lowest BCUT2D eigenvalue weighted by atomic mass is 10.1. The Morgan fingerprint density at radius 1 is 1.00 bits per heavy atom. The van der Waals surface area contributed by atoms with Gasteiger partial charge in [0, 0.05) is 15.7 Å². The fourth-order valence-corrected chi connectivity index (χ4v) is 3.64. The normalized spacial score (nSPS) is 11.1. The van der Waals surface area contributed by atoms with Crippen molar-refractivity contribution in [2.75, 3.05) is 16.3 Å². The summed E-state index contributed by atoms with van der Waals surface area (Å²) in [5.41, 5.74) is 3.62. The van der Waals surface area contributed by atoms with Gasteiger partial charge in [0.2, 0.25) is 10.0 Å². The van der Waals surface area contributed by atoms with Crippen molar-refractivity contribution >= 4 is 43.2 Å². The molecule has 1 amide bonds. The molecule has 0 bridgehead atoms. The van der Waals surface area contributed by atoms with Crippen molar-refractivity contribution < 1.29 is 13.2 Å². The third-order valence-corrected chi connectivity index (χ3v) is 4.97. The fraction of sp³-hybridized carbons (Fsp3) is 0.100. The average Bonchev–Trinajstić information content (AvgIpc) is 2.60. The summed E-state index contributed by atoms with van der Waals surface area (Å²) in [4.78, 5) is 17.2. The Hall–Kier alpha value is -2.71. The predicted octanol–water partition coefficient (Wildman–Crippen LogP) is 4.44. The molecule has 2 N–H and O–H groups in total. The van der Waals surface area contributed by atoms with E-state index in [1.165, 1.54) is 0 Å². The number of carbonyl (C=O) groups is 1. The molecule has 0 unspecified atom stereocenters. The first kappa shape index (κ1) is 20.0. The Kier molecular flexibility index (Phi) is 5.81. The molecule has 0 fully saturated rings. The van der Waals surface area contributed by atoms with Gasteiger partial charge < -0.3 is 5.32 Å². The zero-order valence-electron chi connectivity index (χ0n) is 15.2. The highest BCUT2D eigenvalue weighted by Crippen LogP contribution is 2.23. The lowest BCUT2D eigenvalue weighted by Crippen LogP contribution is -2.15. The van der Waals surface area contributed by atoms with E-state index in [0.717, 1.165) is 22.0 Å². The minimum atomic E-state index is -3.39. The number of rotatable bonds is 5. The van der Waals surface area contributed by atoms with Gasteiger partial charge in [0.15, 0.2) is 0 Å². The zero-order valence-corrected chi connectivity index (χ0v) is 17.6. The van der Waals surface area contributed by atoms with Crippen LogP contribution in [-0.4, -0.2) is 25.6 Å². The predicted molar refractivity (Wildman–Crippen MR) is 115 cm³/mol. The van der Waals surface area contributed by atoms with E-state index in [1.807, 2.05) is 24.3 Å². The van der Waals surface area contributed by atoms with Crippen LogP contribution < -0.4 is 10.0 Å². The van der Waals surface area contributed by atoms with Crippen LogP contribution in [0.15, 0.2) is 65.1 Å². The van der Waals surface area contributed by atoms with Crippen molar-refractivity contribution in [2.45, 2.75) is 6.92 Å². The lowest BCUT2D eigenvalue weighted by Gasteiger charge is -2.11. The van der Waals surface area contributed by atoms with Gasteiger partial charge in [-0.3, -0.25) is 14.5 Å². The molecule has 6 nitrogen and oxygen atoms in total. The van der Waals surface area contributed by atoms with Crippen LogP contribution in [0.3, 0.4) is 0 Å². The van der Waals surface area contributed by atoms with Crippen molar-refractivity contribution in [2.24, 2.45) is 0 Å². The quantitative estimate of drug-likeness (QED) is 0.589. The van der Waals surface area contributed by atoms with E-state index in [2.05, 4.69) is 31.0 Å². The molecule has 0 aliphatic rings. The Labute approximate surface area is 172 Å². The molecule has 28 heavy (non-hydrogen) atoms. The molecule has 1 heterocycles. The van der Waals surface area contributed by atoms with Crippen LogP contribution in [0.2, 0.25) is 0 Å². The number of hydrogen-bond acceptors (Lipinski definition) is 4. The van der Waals surface area contributed by atoms with Crippen LogP contribution in [0.5, 0.6) is 0 Å². The Bertz CT molecular complexity index is 1150. The molecule has 0 saturated heterocycles. The number of aryl methyl sites for hydroxylation is 1. The van der Waals surface area contributed by atoms with E-state index in [-0.39, 0.29) is 5.91 Å². The number of anilines is 2. The summed E-state index contributed by atoms with van der Waals surface area (Å²) in [5.74, 6) is -0.317. The summed E-state index contributed by atoms with van der Waals surface area (Å²) in [7, 11) is -3.39. The zero-order chi connectivity index (χ0) is 20.3. The first-order valence-corrected chi connectivity index (χ1v) is 11.0. The molecule has 1 aromatic heterocycles. The van der Waals surface area contributed by atoms with Crippen molar-refractivity contribution in [1.82, 2.24) is 4.98 Å². The Morgan fingerprint density at radius 3 is 2.39 bits per heavy atom. The number of sulfonamides is 1. The van der Waals surface area contributed by atoms with Crippen molar-refractivity contribution in [3.63, 3.8) is 0 Å². The van der Waals surface area contributed by atoms with Gasteiger partial charge in [0.05, 0.1) is 28.9 Å². The van der Waals surface area contributed by atoms with E-state index < -0.39 is 10.0 Å². The van der Waals surface area contributed by atoms with E-state index in [0.29, 0.717) is 22.6 Å². The number of amides is 1. The van der Waals surface area contributed by atoms with Crippen LogP contribution in [-0.2, 0) is 10.0 Å². The van der Waals surface area contributed by atoms with Gasteiger partial charge in [0.25, 0.3) is 5.91 Å². The summed E-state index contributed by atoms with van der Waals surface area (Å²) in [5, 5.41) is 2.77. The molecule has 2 aromatic carbocycles.